The summed E-state index contributed by atoms with van der Waals surface area (Å²) in [6.45, 7) is 7.24. The van der Waals surface area contributed by atoms with Gasteiger partial charge in [0, 0.05) is 0 Å². The maximum absolute atomic E-state index is 12.3. The molecule has 6 nitrogen and oxygen atoms in total. The largest absolute Gasteiger partial charge is 0.320 e. The predicted molar refractivity (Wildman–Crippen MR) is 66.4 cm³/mol. The van der Waals surface area contributed by atoms with E-state index >= 15 is 0 Å². The van der Waals surface area contributed by atoms with Crippen molar-refractivity contribution in [1.29, 1.82) is 0 Å². The van der Waals surface area contributed by atoms with Gasteiger partial charge in [-0.2, -0.15) is 0 Å². The Balaban J connectivity index is 2.94. The van der Waals surface area contributed by atoms with Crippen LogP contribution >= 0.6 is 0 Å². The summed E-state index contributed by atoms with van der Waals surface area (Å²) < 4.78 is 0. The van der Waals surface area contributed by atoms with Gasteiger partial charge in [-0.05, 0) is 11.8 Å². The van der Waals surface area contributed by atoms with E-state index in [2.05, 4.69) is 5.32 Å². The molecule has 0 bridgehead atoms. The van der Waals surface area contributed by atoms with Crippen molar-refractivity contribution in [1.82, 2.24) is 10.2 Å². The van der Waals surface area contributed by atoms with Gasteiger partial charge >= 0.3 is 0 Å². The van der Waals surface area contributed by atoms with Gasteiger partial charge in [-0.15, -0.1) is 0 Å². The molecule has 1 fully saturated rings. The number of piperazine rings is 1. The maximum atomic E-state index is 12.3. The molecule has 0 aromatic rings. The molecule has 0 saturated carbocycles. The number of amides is 3. The molecule has 6 heteroatoms. The van der Waals surface area contributed by atoms with Gasteiger partial charge in [0.15, 0.2) is 0 Å². The highest BCUT2D eigenvalue weighted by Gasteiger charge is 2.40. The standard InChI is InChI=1S/C12H21N3O3/c1-5-7-10(17)14-8(16)6-15(7)11(18)9(13)12(2,3)4/h7,9H,5-6,13H2,1-4H3,(H,14,16,17)/t7?,9-/m0/s1. The molecule has 18 heavy (non-hydrogen) atoms. The summed E-state index contributed by atoms with van der Waals surface area (Å²) in [5.74, 6) is -1.24. The lowest BCUT2D eigenvalue weighted by Gasteiger charge is -2.37. The van der Waals surface area contributed by atoms with Crippen molar-refractivity contribution in [2.45, 2.75) is 46.2 Å². The van der Waals surface area contributed by atoms with Gasteiger partial charge in [0.1, 0.15) is 12.6 Å². The van der Waals surface area contributed by atoms with Crippen molar-refractivity contribution in [2.75, 3.05) is 6.54 Å². The minimum atomic E-state index is -0.731. The number of nitrogens with zero attached hydrogens (tertiary/aromatic N) is 1. The smallest absolute Gasteiger partial charge is 0.249 e. The molecule has 0 spiro atoms. The Morgan fingerprint density at radius 1 is 1.50 bits per heavy atom. The summed E-state index contributed by atoms with van der Waals surface area (Å²) in [6, 6.07) is -1.34. The summed E-state index contributed by atoms with van der Waals surface area (Å²) in [5, 5.41) is 2.23. The Bertz CT molecular complexity index is 373. The second-order valence-electron chi connectivity index (χ2n) is 5.65. The Kier molecular flexibility index (Phi) is 4.11. The number of hydrogen-bond donors (Lipinski definition) is 2. The van der Waals surface area contributed by atoms with E-state index in [-0.39, 0.29) is 12.5 Å². The van der Waals surface area contributed by atoms with Gasteiger partial charge in [0.25, 0.3) is 0 Å². The Morgan fingerprint density at radius 2 is 2.06 bits per heavy atom. The molecule has 0 aromatic heterocycles. The minimum Gasteiger partial charge on any atom is -0.320 e. The summed E-state index contributed by atoms with van der Waals surface area (Å²) in [4.78, 5) is 36.6. The molecule has 1 unspecified atom stereocenters. The molecular weight excluding hydrogens is 234 g/mol. The number of nitrogens with two attached hydrogens (primary N) is 1. The number of carbonyl (C=O) groups excluding carboxylic acids is 3. The summed E-state index contributed by atoms with van der Waals surface area (Å²) in [7, 11) is 0. The average molecular weight is 255 g/mol. The van der Waals surface area contributed by atoms with Crippen LogP contribution in [-0.4, -0.2) is 41.2 Å². The topological polar surface area (TPSA) is 92.5 Å². The fraction of sp³-hybridized carbons (Fsp3) is 0.750. The van der Waals surface area contributed by atoms with Gasteiger partial charge in [0.2, 0.25) is 17.7 Å². The quantitative estimate of drug-likeness (QED) is 0.658. The Labute approximate surface area is 107 Å². The molecule has 1 aliphatic rings. The SMILES string of the molecule is CCC1C(=O)NC(=O)CN1C(=O)[C@H](N)C(C)(C)C. The first-order valence-corrected chi connectivity index (χ1v) is 6.08. The second-order valence-corrected chi connectivity index (χ2v) is 5.65. The van der Waals surface area contributed by atoms with E-state index in [0.29, 0.717) is 6.42 Å². The highest BCUT2D eigenvalue weighted by Crippen LogP contribution is 2.21. The molecule has 1 heterocycles. The van der Waals surface area contributed by atoms with Crippen LogP contribution in [0.5, 0.6) is 0 Å². The lowest BCUT2D eigenvalue weighted by atomic mass is 9.86. The molecule has 3 amide bonds. The Hall–Kier alpha value is -1.43. The highest BCUT2D eigenvalue weighted by molar-refractivity contribution is 6.04. The normalized spacial score (nSPS) is 22.7. The number of rotatable bonds is 2. The van der Waals surface area contributed by atoms with Crippen LogP contribution in [-0.2, 0) is 14.4 Å². The van der Waals surface area contributed by atoms with Crippen LogP contribution in [0.3, 0.4) is 0 Å². The van der Waals surface area contributed by atoms with Crippen molar-refractivity contribution in [2.24, 2.45) is 11.1 Å². The highest BCUT2D eigenvalue weighted by atomic mass is 16.2. The molecule has 2 atom stereocenters. The molecule has 0 radical (unpaired) electrons. The van der Waals surface area contributed by atoms with Crippen LogP contribution < -0.4 is 11.1 Å². The Morgan fingerprint density at radius 3 is 2.50 bits per heavy atom. The zero-order valence-electron chi connectivity index (χ0n) is 11.3. The van der Waals surface area contributed by atoms with E-state index in [9.17, 15) is 14.4 Å². The third-order valence-electron chi connectivity index (χ3n) is 3.12. The zero-order chi connectivity index (χ0) is 14.1. The van der Waals surface area contributed by atoms with Gasteiger partial charge < -0.3 is 10.6 Å². The minimum absolute atomic E-state index is 0.104. The van der Waals surface area contributed by atoms with Crippen molar-refractivity contribution in [3.63, 3.8) is 0 Å². The first-order chi connectivity index (χ1) is 8.18. The third-order valence-corrected chi connectivity index (χ3v) is 3.12. The van der Waals surface area contributed by atoms with E-state index in [0.717, 1.165) is 0 Å². The van der Waals surface area contributed by atoms with Gasteiger partial charge in [0.05, 0.1) is 6.04 Å². The van der Waals surface area contributed by atoms with E-state index in [1.54, 1.807) is 6.92 Å². The summed E-state index contributed by atoms with van der Waals surface area (Å²) in [5.41, 5.74) is 5.49. The molecule has 3 N–H and O–H groups in total. The third kappa shape index (κ3) is 2.87. The monoisotopic (exact) mass is 255 g/mol. The van der Waals surface area contributed by atoms with Crippen LogP contribution in [0.25, 0.3) is 0 Å². The fourth-order valence-electron chi connectivity index (χ4n) is 1.85. The van der Waals surface area contributed by atoms with Gasteiger partial charge in [-0.1, -0.05) is 27.7 Å². The lowest BCUT2D eigenvalue weighted by Crippen LogP contribution is -2.63. The van der Waals surface area contributed by atoms with Crippen LogP contribution in [0.1, 0.15) is 34.1 Å². The van der Waals surface area contributed by atoms with Crippen molar-refractivity contribution in [3.8, 4) is 0 Å². The molecule has 0 aliphatic carbocycles. The maximum Gasteiger partial charge on any atom is 0.249 e. The van der Waals surface area contributed by atoms with E-state index < -0.39 is 29.3 Å². The number of nitrogens with one attached hydrogen (secondary N) is 1. The van der Waals surface area contributed by atoms with Crippen molar-refractivity contribution < 1.29 is 14.4 Å². The molecular formula is C12H21N3O3. The number of carbonyl (C=O) groups is 3. The second kappa shape index (κ2) is 5.06. The lowest BCUT2D eigenvalue weighted by molar-refractivity contribution is -0.152. The molecule has 0 aromatic carbocycles. The van der Waals surface area contributed by atoms with E-state index in [4.69, 9.17) is 5.73 Å². The van der Waals surface area contributed by atoms with Crippen LogP contribution in [0.4, 0.5) is 0 Å². The van der Waals surface area contributed by atoms with Gasteiger partial charge in [-0.3, -0.25) is 19.7 Å². The average Bonchev–Trinajstić information content (AvgIpc) is 2.24. The molecule has 1 saturated heterocycles. The van der Waals surface area contributed by atoms with Crippen LogP contribution in [0.2, 0.25) is 0 Å². The van der Waals surface area contributed by atoms with Crippen molar-refractivity contribution in [3.05, 3.63) is 0 Å². The van der Waals surface area contributed by atoms with E-state index in [1.807, 2.05) is 20.8 Å². The zero-order valence-corrected chi connectivity index (χ0v) is 11.3. The van der Waals surface area contributed by atoms with Crippen molar-refractivity contribution >= 4 is 17.7 Å². The molecule has 102 valence electrons. The summed E-state index contributed by atoms with van der Waals surface area (Å²) in [6.07, 6.45) is 0.460. The van der Waals surface area contributed by atoms with E-state index in [1.165, 1.54) is 4.90 Å². The number of hydrogen-bond acceptors (Lipinski definition) is 4. The summed E-state index contributed by atoms with van der Waals surface area (Å²) >= 11 is 0. The van der Waals surface area contributed by atoms with Crippen LogP contribution in [0.15, 0.2) is 0 Å². The molecule has 1 rings (SSSR count). The molecule has 1 aliphatic heterocycles. The predicted octanol–water partition coefficient (Wildman–Crippen LogP) is -0.377. The first kappa shape index (κ1) is 14.6. The number of imide groups is 1. The fourth-order valence-corrected chi connectivity index (χ4v) is 1.85. The first-order valence-electron chi connectivity index (χ1n) is 6.08. The van der Waals surface area contributed by atoms with Gasteiger partial charge in [-0.25, -0.2) is 0 Å². The van der Waals surface area contributed by atoms with Crippen LogP contribution in [0, 0.1) is 5.41 Å².